The van der Waals surface area contributed by atoms with Crippen LogP contribution < -0.4 is 10.6 Å². The average molecular weight is 487 g/mol. The summed E-state index contributed by atoms with van der Waals surface area (Å²) < 4.78 is 1.93. The molecule has 0 radical (unpaired) electrons. The Morgan fingerprint density at radius 1 is 0.971 bits per heavy atom. The van der Waals surface area contributed by atoms with Crippen molar-refractivity contribution in [1.29, 1.82) is 0 Å². The monoisotopic (exact) mass is 486 g/mol. The molecule has 2 amide bonds. The minimum atomic E-state index is -0.335. The molecular formula is C28H30N4O2S. The number of anilines is 1. The Hall–Kier alpha value is -3.58. The second-order valence-electron chi connectivity index (χ2n) is 8.28. The third-order valence-corrected chi connectivity index (χ3v) is 6.57. The van der Waals surface area contributed by atoms with Crippen molar-refractivity contribution in [2.24, 2.45) is 0 Å². The number of thioether (sulfide) groups is 1. The molecule has 0 aliphatic carbocycles. The van der Waals surface area contributed by atoms with Crippen LogP contribution >= 0.6 is 11.8 Å². The quantitative estimate of drug-likeness (QED) is 0.312. The van der Waals surface area contributed by atoms with Gasteiger partial charge in [0.25, 0.3) is 5.91 Å². The molecular weight excluding hydrogens is 456 g/mol. The van der Waals surface area contributed by atoms with E-state index in [0.717, 1.165) is 34.5 Å². The van der Waals surface area contributed by atoms with Gasteiger partial charge in [0.05, 0.1) is 17.1 Å². The van der Waals surface area contributed by atoms with E-state index in [1.807, 2.05) is 77.6 Å². The van der Waals surface area contributed by atoms with Crippen LogP contribution in [0.5, 0.6) is 0 Å². The second-order valence-corrected chi connectivity index (χ2v) is 9.26. The van der Waals surface area contributed by atoms with Crippen LogP contribution in [0.25, 0.3) is 11.0 Å². The first-order valence-corrected chi connectivity index (χ1v) is 13.2. The van der Waals surface area contributed by atoms with Crippen LogP contribution in [0.15, 0.2) is 78.9 Å². The predicted molar refractivity (Wildman–Crippen MR) is 144 cm³/mol. The summed E-state index contributed by atoms with van der Waals surface area (Å²) in [5.74, 6) is 1.24. The van der Waals surface area contributed by atoms with Crippen LogP contribution in [0, 0.1) is 0 Å². The molecule has 0 unspecified atom stereocenters. The Balaban J connectivity index is 1.66. The molecule has 6 nitrogen and oxygen atoms in total. The highest BCUT2D eigenvalue weighted by Crippen LogP contribution is 2.25. The lowest BCUT2D eigenvalue weighted by Gasteiger charge is -2.20. The van der Waals surface area contributed by atoms with Crippen LogP contribution in [0.4, 0.5) is 5.69 Å². The zero-order chi connectivity index (χ0) is 24.6. The predicted octanol–water partition coefficient (Wildman–Crippen LogP) is 5.46. The van der Waals surface area contributed by atoms with Crippen molar-refractivity contribution < 1.29 is 9.59 Å². The Kier molecular flexibility index (Phi) is 8.21. The number of carbonyl (C=O) groups is 2. The molecule has 1 aromatic heterocycles. The number of imidazole rings is 1. The first-order chi connectivity index (χ1) is 17.1. The van der Waals surface area contributed by atoms with E-state index in [2.05, 4.69) is 17.6 Å². The lowest BCUT2D eigenvalue weighted by atomic mass is 10.1. The molecule has 0 bridgehead atoms. The van der Waals surface area contributed by atoms with Gasteiger partial charge in [-0.2, -0.15) is 11.8 Å². The third kappa shape index (κ3) is 5.92. The Morgan fingerprint density at radius 2 is 1.69 bits per heavy atom. The summed E-state index contributed by atoms with van der Waals surface area (Å²) in [5.41, 5.74) is 4.17. The van der Waals surface area contributed by atoms with Crippen molar-refractivity contribution in [3.8, 4) is 0 Å². The highest BCUT2D eigenvalue weighted by Gasteiger charge is 2.24. The number of aryl methyl sites for hydroxylation is 1. The van der Waals surface area contributed by atoms with Crippen LogP contribution in [0.1, 0.15) is 41.1 Å². The normalized spacial score (nSPS) is 11.8. The number of hydrogen-bond donors (Lipinski definition) is 2. The van der Waals surface area contributed by atoms with Crippen molar-refractivity contribution >= 4 is 40.3 Å². The summed E-state index contributed by atoms with van der Waals surface area (Å²) in [6, 6.07) is 24.4. The largest absolute Gasteiger partial charge is 0.342 e. The second kappa shape index (κ2) is 11.7. The molecule has 0 fully saturated rings. The van der Waals surface area contributed by atoms with E-state index >= 15 is 0 Å². The molecule has 1 heterocycles. The molecule has 1 atom stereocenters. The summed E-state index contributed by atoms with van der Waals surface area (Å²) in [6.07, 6.45) is 3.57. The van der Waals surface area contributed by atoms with Crippen molar-refractivity contribution in [3.05, 3.63) is 95.8 Å². The van der Waals surface area contributed by atoms with Crippen molar-refractivity contribution in [2.75, 3.05) is 17.3 Å². The van der Waals surface area contributed by atoms with E-state index in [9.17, 15) is 9.59 Å². The molecule has 35 heavy (non-hydrogen) atoms. The fraction of sp³-hybridized carbons (Fsp3) is 0.250. The van der Waals surface area contributed by atoms with Gasteiger partial charge in [-0.15, -0.1) is 0 Å². The molecule has 0 spiro atoms. The van der Waals surface area contributed by atoms with Crippen molar-refractivity contribution in [2.45, 2.75) is 32.4 Å². The fourth-order valence-corrected chi connectivity index (χ4v) is 4.61. The molecule has 0 aliphatic rings. The van der Waals surface area contributed by atoms with Gasteiger partial charge in [0.15, 0.2) is 0 Å². The zero-order valence-corrected chi connectivity index (χ0v) is 20.8. The Labute approximate surface area is 210 Å². The highest BCUT2D eigenvalue weighted by atomic mass is 32.2. The molecule has 3 aromatic carbocycles. The van der Waals surface area contributed by atoms with E-state index in [-0.39, 0.29) is 24.4 Å². The molecule has 4 aromatic rings. The molecule has 0 saturated heterocycles. The van der Waals surface area contributed by atoms with Gasteiger partial charge in [-0.25, -0.2) is 4.98 Å². The summed E-state index contributed by atoms with van der Waals surface area (Å²) in [6.45, 7) is 2.17. The van der Waals surface area contributed by atoms with E-state index in [4.69, 9.17) is 4.98 Å². The third-order valence-electron chi connectivity index (χ3n) is 5.92. The van der Waals surface area contributed by atoms with Gasteiger partial charge >= 0.3 is 0 Å². The zero-order valence-electron chi connectivity index (χ0n) is 20.0. The maximum atomic E-state index is 13.2. The molecule has 4 rings (SSSR count). The topological polar surface area (TPSA) is 76.0 Å². The van der Waals surface area contributed by atoms with Crippen LogP contribution in [-0.2, 0) is 17.8 Å². The van der Waals surface area contributed by atoms with Gasteiger partial charge < -0.3 is 15.2 Å². The number of para-hydroxylation sites is 3. The lowest BCUT2D eigenvalue weighted by molar-refractivity contribution is -0.116. The summed E-state index contributed by atoms with van der Waals surface area (Å²) in [7, 11) is 0. The number of hydrogen-bond acceptors (Lipinski definition) is 4. The maximum Gasteiger partial charge on any atom is 0.251 e. The Bertz CT molecular complexity index is 1300. The number of amides is 2. The first-order valence-electron chi connectivity index (χ1n) is 11.8. The summed E-state index contributed by atoms with van der Waals surface area (Å²) in [5, 5.41) is 6.22. The first kappa shape index (κ1) is 24.5. The number of nitrogens with zero attached hydrogens (tertiary/aromatic N) is 2. The Morgan fingerprint density at radius 3 is 2.46 bits per heavy atom. The van der Waals surface area contributed by atoms with Crippen LogP contribution in [-0.4, -0.2) is 33.4 Å². The fourth-order valence-electron chi connectivity index (χ4n) is 4.14. The van der Waals surface area contributed by atoms with Gasteiger partial charge in [0.1, 0.15) is 12.4 Å². The minimum Gasteiger partial charge on any atom is -0.342 e. The number of rotatable bonds is 10. The summed E-state index contributed by atoms with van der Waals surface area (Å²) in [4.78, 5) is 31.1. The summed E-state index contributed by atoms with van der Waals surface area (Å²) >= 11 is 1.71. The average Bonchev–Trinajstić information content (AvgIpc) is 3.25. The maximum absolute atomic E-state index is 13.2. The minimum absolute atomic E-state index is 0.102. The molecule has 0 aliphatic heterocycles. The molecule has 0 saturated carbocycles. The molecule has 7 heteroatoms. The molecule has 180 valence electrons. The number of aromatic nitrogens is 2. The van der Waals surface area contributed by atoms with Gasteiger partial charge in [-0.05, 0) is 60.7 Å². The van der Waals surface area contributed by atoms with E-state index < -0.39 is 0 Å². The number of nitrogens with one attached hydrogen (secondary N) is 2. The van der Waals surface area contributed by atoms with E-state index in [1.165, 1.54) is 0 Å². The van der Waals surface area contributed by atoms with Gasteiger partial charge in [-0.1, -0.05) is 55.5 Å². The van der Waals surface area contributed by atoms with Crippen molar-refractivity contribution in [1.82, 2.24) is 14.9 Å². The van der Waals surface area contributed by atoms with Crippen LogP contribution in [0.3, 0.4) is 0 Å². The number of carbonyl (C=O) groups excluding carboxylic acids is 2. The van der Waals surface area contributed by atoms with Gasteiger partial charge in [-0.3, -0.25) is 9.59 Å². The number of benzene rings is 3. The lowest BCUT2D eigenvalue weighted by Crippen LogP contribution is -2.32. The number of fused-ring (bicyclic) bond motifs is 1. The van der Waals surface area contributed by atoms with Gasteiger partial charge in [0, 0.05) is 11.3 Å². The highest BCUT2D eigenvalue weighted by molar-refractivity contribution is 7.98. The standard InChI is InChI=1S/C28H30N4O2S/c1-3-20-11-7-8-14-22(20)29-26(33)19-32-25-16-10-9-15-23(25)30-27(32)24(17-18-35-2)31-28(34)21-12-5-4-6-13-21/h4-16,24H,3,17-19H2,1-2H3,(H,29,33)(H,31,34)/t24-/m1/s1. The van der Waals surface area contributed by atoms with Crippen LogP contribution in [0.2, 0.25) is 0 Å². The van der Waals surface area contributed by atoms with Crippen molar-refractivity contribution in [3.63, 3.8) is 0 Å². The smallest absolute Gasteiger partial charge is 0.251 e. The SMILES string of the molecule is CCc1ccccc1NC(=O)Cn1c([C@@H](CCSC)NC(=O)c2ccccc2)nc2ccccc21. The van der Waals surface area contributed by atoms with E-state index in [0.29, 0.717) is 17.8 Å². The van der Waals surface area contributed by atoms with Gasteiger partial charge in [0.2, 0.25) is 5.91 Å². The molecule has 2 N–H and O–H groups in total. The van der Waals surface area contributed by atoms with E-state index in [1.54, 1.807) is 23.9 Å².